The van der Waals surface area contributed by atoms with Crippen LogP contribution in [0.15, 0.2) is 72.8 Å². The van der Waals surface area contributed by atoms with Gasteiger partial charge in [0.15, 0.2) is 0 Å². The maximum absolute atomic E-state index is 14.8. The molecule has 3 aliphatic rings. The van der Waals surface area contributed by atoms with Crippen LogP contribution in [0.2, 0.25) is 0 Å². The van der Waals surface area contributed by atoms with Crippen LogP contribution >= 0.6 is 0 Å². The second kappa shape index (κ2) is 19.7. The molecule has 0 radical (unpaired) electrons. The fraction of sp³-hybridized carbons (Fsp3) is 0.532. The fourth-order valence-electron chi connectivity index (χ4n) is 8.52. The number of benzene rings is 3. The highest BCUT2D eigenvalue weighted by atomic mass is 19.1. The van der Waals surface area contributed by atoms with Crippen molar-refractivity contribution in [3.05, 3.63) is 101 Å². The van der Waals surface area contributed by atoms with Crippen molar-refractivity contribution in [1.29, 1.82) is 0 Å². The van der Waals surface area contributed by atoms with Crippen LogP contribution in [0.25, 0.3) is 0 Å². The van der Waals surface area contributed by atoms with Gasteiger partial charge in [0.2, 0.25) is 11.8 Å². The summed E-state index contributed by atoms with van der Waals surface area (Å²) < 4.78 is 30.6. The number of esters is 1. The number of carbonyl (C=O) groups is 4. The first-order valence-corrected chi connectivity index (χ1v) is 21.3. The Bertz CT molecular complexity index is 1960. The largest absolute Gasteiger partial charge is 0.460 e. The Balaban J connectivity index is 1.16. The molecule has 3 aromatic carbocycles. The van der Waals surface area contributed by atoms with Gasteiger partial charge in [0.05, 0.1) is 19.8 Å². The van der Waals surface area contributed by atoms with Gasteiger partial charge in [0, 0.05) is 68.5 Å². The van der Waals surface area contributed by atoms with Gasteiger partial charge in [0.25, 0.3) is 0 Å². The predicted octanol–water partition coefficient (Wildman–Crippen LogP) is 6.08. The van der Waals surface area contributed by atoms with Crippen molar-refractivity contribution < 1.29 is 37.8 Å². The molecule has 0 spiro atoms. The lowest BCUT2D eigenvalue weighted by Crippen LogP contribution is -2.64. The third kappa shape index (κ3) is 11.9. The zero-order valence-corrected chi connectivity index (χ0v) is 36.1. The summed E-state index contributed by atoms with van der Waals surface area (Å²) >= 11 is 0. The van der Waals surface area contributed by atoms with E-state index in [-0.39, 0.29) is 55.5 Å². The Morgan fingerprint density at radius 1 is 0.917 bits per heavy atom. The van der Waals surface area contributed by atoms with Crippen LogP contribution in [0.1, 0.15) is 83.1 Å². The first-order valence-electron chi connectivity index (χ1n) is 21.3. The SMILES string of the molecule is C[C@@H]1COCCN1C[C@H]1CN(C(=O)OC(C)(C)C)[C@H](C)CN1CC(=O)N1CC(C)(CCCNC(=O)CC(=O)OCc2ccccc2)c2ccc(Cc3ccc(F)cc3)cc21. The number of amides is 3. The van der Waals surface area contributed by atoms with Gasteiger partial charge < -0.3 is 29.3 Å². The third-order valence-corrected chi connectivity index (χ3v) is 11.8. The van der Waals surface area contributed by atoms with Gasteiger partial charge >= 0.3 is 12.1 Å². The minimum Gasteiger partial charge on any atom is -0.460 e. The molecule has 3 amide bonds. The molecule has 1 unspecified atom stereocenters. The number of fused-ring (bicyclic) bond motifs is 1. The van der Waals surface area contributed by atoms with Crippen LogP contribution < -0.4 is 10.2 Å². The average Bonchev–Trinajstić information content (AvgIpc) is 3.49. The van der Waals surface area contributed by atoms with Gasteiger partial charge in [-0.05, 0) is 94.3 Å². The summed E-state index contributed by atoms with van der Waals surface area (Å²) in [6.45, 7) is 16.7. The predicted molar refractivity (Wildman–Crippen MR) is 228 cm³/mol. The van der Waals surface area contributed by atoms with Crippen molar-refractivity contribution >= 4 is 29.6 Å². The molecule has 0 saturated carbocycles. The second-order valence-corrected chi connectivity index (χ2v) is 18.0. The van der Waals surface area contributed by atoms with Gasteiger partial charge in [-0.15, -0.1) is 0 Å². The normalized spacial score (nSPS) is 22.3. The summed E-state index contributed by atoms with van der Waals surface area (Å²) in [5.41, 5.74) is 3.68. The second-order valence-electron chi connectivity index (χ2n) is 18.0. The van der Waals surface area contributed by atoms with Crippen molar-refractivity contribution in [1.82, 2.24) is 20.0 Å². The average molecular weight is 828 g/mol. The van der Waals surface area contributed by atoms with E-state index < -0.39 is 22.9 Å². The molecule has 0 aromatic heterocycles. The minimum atomic E-state index is -0.633. The van der Waals surface area contributed by atoms with Crippen LogP contribution in [-0.4, -0.2) is 121 Å². The number of halogens is 1. The van der Waals surface area contributed by atoms with Gasteiger partial charge in [-0.3, -0.25) is 24.2 Å². The number of piperazine rings is 1. The van der Waals surface area contributed by atoms with Crippen LogP contribution in [0.5, 0.6) is 0 Å². The van der Waals surface area contributed by atoms with E-state index in [1.54, 1.807) is 17.0 Å². The van der Waals surface area contributed by atoms with E-state index in [9.17, 15) is 23.6 Å². The molecule has 3 aromatic rings. The number of ether oxygens (including phenoxy) is 3. The van der Waals surface area contributed by atoms with Crippen molar-refractivity contribution in [2.75, 3.05) is 63.9 Å². The molecule has 12 nitrogen and oxygen atoms in total. The van der Waals surface area contributed by atoms with E-state index in [4.69, 9.17) is 14.2 Å². The van der Waals surface area contributed by atoms with Crippen LogP contribution in [0.4, 0.5) is 14.9 Å². The van der Waals surface area contributed by atoms with E-state index in [1.165, 1.54) is 12.1 Å². The molecule has 2 saturated heterocycles. The summed E-state index contributed by atoms with van der Waals surface area (Å²) in [7, 11) is 0. The number of anilines is 1. The Kier molecular flexibility index (Phi) is 14.7. The minimum absolute atomic E-state index is 0.0285. The molecule has 13 heteroatoms. The number of hydrogen-bond acceptors (Lipinski definition) is 9. The topological polar surface area (TPSA) is 121 Å². The van der Waals surface area contributed by atoms with Gasteiger partial charge in [-0.25, -0.2) is 9.18 Å². The van der Waals surface area contributed by atoms with Crippen LogP contribution in [-0.2, 0) is 47.0 Å². The van der Waals surface area contributed by atoms with Crippen molar-refractivity contribution in [2.24, 2.45) is 0 Å². The molecule has 0 aliphatic carbocycles. The lowest BCUT2D eigenvalue weighted by molar-refractivity contribution is -0.147. The summed E-state index contributed by atoms with van der Waals surface area (Å²) in [6, 6.07) is 22.0. The summed E-state index contributed by atoms with van der Waals surface area (Å²) in [5.74, 6) is -1.29. The molecular formula is C47H62FN5O7. The summed E-state index contributed by atoms with van der Waals surface area (Å²) in [5, 5.41) is 2.87. The van der Waals surface area contributed by atoms with Gasteiger partial charge in [-0.1, -0.05) is 61.5 Å². The molecule has 1 N–H and O–H groups in total. The zero-order valence-electron chi connectivity index (χ0n) is 36.1. The molecule has 3 aliphatic heterocycles. The smallest absolute Gasteiger partial charge is 0.410 e. The molecule has 4 atom stereocenters. The van der Waals surface area contributed by atoms with E-state index in [2.05, 4.69) is 47.2 Å². The van der Waals surface area contributed by atoms with Crippen molar-refractivity contribution in [3.8, 4) is 0 Å². The molecule has 6 rings (SSSR count). The van der Waals surface area contributed by atoms with E-state index in [1.807, 2.05) is 62.9 Å². The summed E-state index contributed by atoms with van der Waals surface area (Å²) in [6.07, 6.45) is 1.18. The number of carbonyl (C=O) groups excluding carboxylic acids is 4. The molecule has 324 valence electrons. The molecule has 3 heterocycles. The highest BCUT2D eigenvalue weighted by molar-refractivity contribution is 5.98. The maximum atomic E-state index is 14.8. The Morgan fingerprint density at radius 2 is 1.65 bits per heavy atom. The fourth-order valence-corrected chi connectivity index (χ4v) is 8.52. The number of nitrogens with one attached hydrogen (secondary N) is 1. The quantitative estimate of drug-likeness (QED) is 0.117. The lowest BCUT2D eigenvalue weighted by atomic mass is 9.80. The Labute approximate surface area is 354 Å². The summed E-state index contributed by atoms with van der Waals surface area (Å²) in [4.78, 5) is 61.5. The first-order chi connectivity index (χ1) is 28.6. The van der Waals surface area contributed by atoms with Crippen LogP contribution in [0.3, 0.4) is 0 Å². The number of hydrogen-bond donors (Lipinski definition) is 1. The highest BCUT2D eigenvalue weighted by Crippen LogP contribution is 2.44. The highest BCUT2D eigenvalue weighted by Gasteiger charge is 2.43. The van der Waals surface area contributed by atoms with E-state index >= 15 is 0 Å². The van der Waals surface area contributed by atoms with Crippen molar-refractivity contribution in [3.63, 3.8) is 0 Å². The zero-order chi connectivity index (χ0) is 43.0. The van der Waals surface area contributed by atoms with E-state index in [0.717, 1.165) is 34.5 Å². The first kappa shape index (κ1) is 44.7. The van der Waals surface area contributed by atoms with Gasteiger partial charge in [0.1, 0.15) is 24.4 Å². The number of morpholine rings is 1. The monoisotopic (exact) mass is 827 g/mol. The molecule has 2 fully saturated rings. The standard InChI is InChI=1S/C47H62FN5O7/c1-33-26-51(39(27-50-21-22-58-30-34(50)2)28-52(33)45(57)60-46(3,4)5)29-43(55)53-32-47(6,40-18-15-37(24-41(40)53)23-35-13-16-38(48)17-14-35)19-10-20-49-42(54)25-44(56)59-31-36-11-8-7-9-12-36/h7-9,11-18,24,33-34,39H,10,19-23,25-32H2,1-6H3,(H,49,54)/t33-,34-,39+,47?/m1/s1. The van der Waals surface area contributed by atoms with Crippen molar-refractivity contribution in [2.45, 2.75) is 103 Å². The molecular weight excluding hydrogens is 766 g/mol. The Morgan fingerprint density at radius 3 is 2.37 bits per heavy atom. The lowest BCUT2D eigenvalue weighted by Gasteiger charge is -2.47. The Hall–Kier alpha value is -4.85. The maximum Gasteiger partial charge on any atom is 0.410 e. The molecule has 60 heavy (non-hydrogen) atoms. The number of rotatable bonds is 14. The van der Waals surface area contributed by atoms with Crippen LogP contribution in [0, 0.1) is 5.82 Å². The number of nitrogens with zero attached hydrogens (tertiary/aromatic N) is 4. The van der Waals surface area contributed by atoms with Gasteiger partial charge in [-0.2, -0.15) is 0 Å². The third-order valence-electron chi connectivity index (χ3n) is 11.8. The van der Waals surface area contributed by atoms with E-state index in [0.29, 0.717) is 65.2 Å². The molecule has 0 bridgehead atoms.